The molecule has 1 rings (SSSR count). The Labute approximate surface area is 88.4 Å². The zero-order chi connectivity index (χ0) is 10.2. The molecule has 0 amide bonds. The van der Waals surface area contributed by atoms with Crippen LogP contribution in [0.5, 0.6) is 0 Å². The van der Waals surface area contributed by atoms with E-state index >= 15 is 0 Å². The Kier molecular flexibility index (Phi) is 6.20. The highest BCUT2D eigenvalue weighted by Crippen LogP contribution is 2.19. The summed E-state index contributed by atoms with van der Waals surface area (Å²) in [5.41, 5.74) is 0. The number of hydrogen-bond acceptors (Lipinski definition) is 2. The van der Waals surface area contributed by atoms with Crippen LogP contribution < -0.4 is 5.32 Å². The van der Waals surface area contributed by atoms with Gasteiger partial charge in [0.1, 0.15) is 0 Å². The van der Waals surface area contributed by atoms with E-state index in [1.165, 1.54) is 38.6 Å². The molecule has 14 heavy (non-hydrogen) atoms. The fourth-order valence-electron chi connectivity index (χ4n) is 1.98. The Morgan fingerprint density at radius 3 is 2.86 bits per heavy atom. The largest absolute Gasteiger partial charge is 0.381 e. The molecule has 0 radical (unpaired) electrons. The quantitative estimate of drug-likeness (QED) is 0.664. The van der Waals surface area contributed by atoms with Crippen molar-refractivity contribution in [2.75, 3.05) is 19.8 Å². The van der Waals surface area contributed by atoms with E-state index in [2.05, 4.69) is 19.2 Å². The average molecular weight is 199 g/mol. The summed E-state index contributed by atoms with van der Waals surface area (Å²) in [6.07, 6.45) is 6.69. The molecule has 0 aromatic heterocycles. The van der Waals surface area contributed by atoms with E-state index in [-0.39, 0.29) is 0 Å². The van der Waals surface area contributed by atoms with Gasteiger partial charge in [0.15, 0.2) is 0 Å². The van der Waals surface area contributed by atoms with Gasteiger partial charge in [-0.25, -0.2) is 0 Å². The highest BCUT2D eigenvalue weighted by molar-refractivity contribution is 4.63. The fourth-order valence-corrected chi connectivity index (χ4v) is 1.98. The van der Waals surface area contributed by atoms with Crippen LogP contribution in [-0.2, 0) is 4.74 Å². The van der Waals surface area contributed by atoms with Crippen LogP contribution in [0.15, 0.2) is 0 Å². The first-order valence-corrected chi connectivity index (χ1v) is 6.10. The van der Waals surface area contributed by atoms with Crippen molar-refractivity contribution in [1.29, 1.82) is 0 Å². The van der Waals surface area contributed by atoms with Crippen molar-refractivity contribution in [2.45, 2.75) is 52.0 Å². The minimum absolute atomic E-state index is 0.632. The van der Waals surface area contributed by atoms with Gasteiger partial charge in [-0.1, -0.05) is 20.3 Å². The lowest BCUT2D eigenvalue weighted by atomic mass is 9.96. The van der Waals surface area contributed by atoms with Crippen LogP contribution in [0.2, 0.25) is 0 Å². The number of ether oxygens (including phenoxy) is 1. The van der Waals surface area contributed by atoms with E-state index in [1.807, 2.05) is 0 Å². The topological polar surface area (TPSA) is 21.3 Å². The smallest absolute Gasteiger partial charge is 0.0494 e. The van der Waals surface area contributed by atoms with Crippen LogP contribution in [0.1, 0.15) is 46.0 Å². The van der Waals surface area contributed by atoms with Crippen molar-refractivity contribution in [2.24, 2.45) is 5.92 Å². The second-order valence-electron chi connectivity index (χ2n) is 4.69. The first-order valence-electron chi connectivity index (χ1n) is 6.10. The number of rotatable bonds is 6. The molecule has 84 valence electrons. The molecule has 1 saturated heterocycles. The molecule has 1 heterocycles. The van der Waals surface area contributed by atoms with Crippen molar-refractivity contribution in [1.82, 2.24) is 5.32 Å². The summed E-state index contributed by atoms with van der Waals surface area (Å²) in [5.74, 6) is 0.850. The summed E-state index contributed by atoms with van der Waals surface area (Å²) in [6, 6.07) is 0.632. The molecule has 0 aromatic carbocycles. The average Bonchev–Trinajstić information content (AvgIpc) is 2.18. The van der Waals surface area contributed by atoms with Crippen LogP contribution in [0.4, 0.5) is 0 Å². The van der Waals surface area contributed by atoms with Crippen LogP contribution >= 0.6 is 0 Å². The Bertz CT molecular complexity index is 130. The van der Waals surface area contributed by atoms with Crippen LogP contribution in [0.3, 0.4) is 0 Å². The number of nitrogens with one attached hydrogen (secondary N) is 1. The van der Waals surface area contributed by atoms with Gasteiger partial charge in [-0.2, -0.15) is 0 Å². The van der Waals surface area contributed by atoms with Gasteiger partial charge in [0, 0.05) is 19.3 Å². The molecule has 0 aromatic rings. The summed E-state index contributed by atoms with van der Waals surface area (Å²) in [6.45, 7) is 7.58. The van der Waals surface area contributed by atoms with Gasteiger partial charge in [0.2, 0.25) is 0 Å². The third-order valence-electron chi connectivity index (χ3n) is 2.85. The van der Waals surface area contributed by atoms with E-state index in [0.717, 1.165) is 19.1 Å². The monoisotopic (exact) mass is 199 g/mol. The lowest BCUT2D eigenvalue weighted by molar-refractivity contribution is 0.0507. The molecule has 0 aliphatic carbocycles. The maximum Gasteiger partial charge on any atom is 0.0494 e. The highest BCUT2D eigenvalue weighted by atomic mass is 16.5. The van der Waals surface area contributed by atoms with Gasteiger partial charge in [-0.3, -0.25) is 0 Å². The van der Waals surface area contributed by atoms with Gasteiger partial charge in [-0.05, 0) is 38.1 Å². The summed E-state index contributed by atoms with van der Waals surface area (Å²) in [7, 11) is 0. The van der Waals surface area contributed by atoms with E-state index < -0.39 is 0 Å². The molecule has 1 unspecified atom stereocenters. The predicted octanol–water partition coefficient (Wildman–Crippen LogP) is 2.58. The Morgan fingerprint density at radius 2 is 2.21 bits per heavy atom. The Balaban J connectivity index is 1.87. The molecular formula is C12H25NO. The lowest BCUT2D eigenvalue weighted by Crippen LogP contribution is -2.24. The summed E-state index contributed by atoms with van der Waals surface area (Å²) < 4.78 is 5.46. The molecule has 1 aliphatic heterocycles. The van der Waals surface area contributed by atoms with Gasteiger partial charge in [0.05, 0.1) is 0 Å². The molecule has 1 aliphatic rings. The molecule has 0 bridgehead atoms. The molecule has 0 saturated carbocycles. The first-order chi connectivity index (χ1) is 6.79. The van der Waals surface area contributed by atoms with Crippen molar-refractivity contribution >= 4 is 0 Å². The minimum atomic E-state index is 0.632. The third kappa shape index (κ3) is 5.61. The van der Waals surface area contributed by atoms with E-state index in [4.69, 9.17) is 4.74 Å². The number of hydrogen-bond donors (Lipinski definition) is 1. The molecule has 2 nitrogen and oxygen atoms in total. The van der Waals surface area contributed by atoms with Crippen LogP contribution in [0, 0.1) is 5.92 Å². The van der Waals surface area contributed by atoms with Crippen molar-refractivity contribution < 1.29 is 4.74 Å². The summed E-state index contributed by atoms with van der Waals surface area (Å²) >= 11 is 0. The van der Waals surface area contributed by atoms with Crippen molar-refractivity contribution in [3.05, 3.63) is 0 Å². The predicted molar refractivity (Wildman–Crippen MR) is 60.5 cm³/mol. The van der Waals surface area contributed by atoms with Crippen molar-refractivity contribution in [3.63, 3.8) is 0 Å². The minimum Gasteiger partial charge on any atom is -0.381 e. The Morgan fingerprint density at radius 1 is 1.36 bits per heavy atom. The third-order valence-corrected chi connectivity index (χ3v) is 2.85. The Hall–Kier alpha value is -0.0800. The standard InChI is InChI=1S/C12H25NO/c1-11(2)13-8-4-3-6-12-7-5-9-14-10-12/h11-13H,3-10H2,1-2H3. The van der Waals surface area contributed by atoms with Crippen molar-refractivity contribution in [3.8, 4) is 0 Å². The highest BCUT2D eigenvalue weighted by Gasteiger charge is 2.12. The zero-order valence-corrected chi connectivity index (χ0v) is 9.72. The first kappa shape index (κ1) is 12.0. The van der Waals surface area contributed by atoms with Gasteiger partial charge in [-0.15, -0.1) is 0 Å². The molecule has 1 atom stereocenters. The zero-order valence-electron chi connectivity index (χ0n) is 9.72. The van der Waals surface area contributed by atoms with Gasteiger partial charge >= 0.3 is 0 Å². The van der Waals surface area contributed by atoms with Crippen LogP contribution in [-0.4, -0.2) is 25.8 Å². The maximum absolute atomic E-state index is 5.46. The van der Waals surface area contributed by atoms with E-state index in [0.29, 0.717) is 6.04 Å². The van der Waals surface area contributed by atoms with E-state index in [9.17, 15) is 0 Å². The number of unbranched alkanes of at least 4 members (excludes halogenated alkanes) is 1. The van der Waals surface area contributed by atoms with Gasteiger partial charge in [0.25, 0.3) is 0 Å². The van der Waals surface area contributed by atoms with Gasteiger partial charge < -0.3 is 10.1 Å². The normalized spacial score (nSPS) is 22.9. The van der Waals surface area contributed by atoms with Crippen LogP contribution in [0.25, 0.3) is 0 Å². The second-order valence-corrected chi connectivity index (χ2v) is 4.69. The van der Waals surface area contributed by atoms with E-state index in [1.54, 1.807) is 0 Å². The molecular weight excluding hydrogens is 174 g/mol. The summed E-state index contributed by atoms with van der Waals surface area (Å²) in [4.78, 5) is 0. The molecule has 0 spiro atoms. The molecule has 1 N–H and O–H groups in total. The fraction of sp³-hybridized carbons (Fsp3) is 1.00. The molecule has 1 fully saturated rings. The summed E-state index contributed by atoms with van der Waals surface area (Å²) in [5, 5.41) is 3.45. The lowest BCUT2D eigenvalue weighted by Gasteiger charge is -2.21. The second kappa shape index (κ2) is 7.24. The maximum atomic E-state index is 5.46. The molecule has 2 heteroatoms. The SMILES string of the molecule is CC(C)NCCCCC1CCCOC1.